The molecule has 0 spiro atoms. The first-order valence-corrected chi connectivity index (χ1v) is 11.3. The molecule has 1 heterocycles. The summed E-state index contributed by atoms with van der Waals surface area (Å²) in [5.41, 5.74) is 2.92. The summed E-state index contributed by atoms with van der Waals surface area (Å²) >= 11 is 6.20. The molecule has 0 saturated carbocycles. The molecule has 0 radical (unpaired) electrons. The minimum Gasteiger partial charge on any atom is -0.497 e. The van der Waals surface area contributed by atoms with Crippen LogP contribution in [0.3, 0.4) is 0 Å². The summed E-state index contributed by atoms with van der Waals surface area (Å²) in [5, 5.41) is 10.0. The maximum absolute atomic E-state index is 6.20. The maximum Gasteiger partial charge on any atom is 0.119 e. The van der Waals surface area contributed by atoms with E-state index in [-0.39, 0.29) is 0 Å². The van der Waals surface area contributed by atoms with E-state index in [9.17, 15) is 0 Å². The van der Waals surface area contributed by atoms with Gasteiger partial charge in [-0.3, -0.25) is 0 Å². The molecule has 2 aromatic carbocycles. The Kier molecular flexibility index (Phi) is 8.55. The molecule has 0 unspecified atom stereocenters. The van der Waals surface area contributed by atoms with E-state index < -0.39 is 0 Å². The van der Waals surface area contributed by atoms with Crippen molar-refractivity contribution in [1.82, 2.24) is 15.2 Å². The Balaban J connectivity index is 1.63. The van der Waals surface area contributed by atoms with Crippen molar-refractivity contribution in [3.05, 3.63) is 41.4 Å². The van der Waals surface area contributed by atoms with E-state index in [1.165, 1.54) is 6.42 Å². The third-order valence-electron chi connectivity index (χ3n) is 5.50. The van der Waals surface area contributed by atoms with Crippen LogP contribution < -0.4 is 15.4 Å². The van der Waals surface area contributed by atoms with Crippen molar-refractivity contribution in [2.75, 3.05) is 51.7 Å². The zero-order valence-electron chi connectivity index (χ0n) is 18.3. The van der Waals surface area contributed by atoms with Crippen LogP contribution in [-0.2, 0) is 0 Å². The van der Waals surface area contributed by atoms with Crippen LogP contribution in [0.1, 0.15) is 26.7 Å². The third kappa shape index (κ3) is 5.75. The van der Waals surface area contributed by atoms with Crippen LogP contribution in [0.5, 0.6) is 5.75 Å². The van der Waals surface area contributed by atoms with Gasteiger partial charge in [0.05, 0.1) is 23.8 Å². The molecule has 0 aliphatic heterocycles. The van der Waals surface area contributed by atoms with E-state index in [0.29, 0.717) is 5.02 Å². The Morgan fingerprint density at radius 3 is 2.50 bits per heavy atom. The molecule has 0 aliphatic rings. The van der Waals surface area contributed by atoms with Crippen LogP contribution in [0.2, 0.25) is 5.02 Å². The summed E-state index contributed by atoms with van der Waals surface area (Å²) in [6, 6.07) is 11.9. The summed E-state index contributed by atoms with van der Waals surface area (Å²) in [6.45, 7) is 10.8. The molecule has 3 aromatic rings. The number of methoxy groups -OCH3 is 1. The average molecular weight is 429 g/mol. The molecule has 0 saturated heterocycles. The molecule has 6 heteroatoms. The monoisotopic (exact) mass is 428 g/mol. The largest absolute Gasteiger partial charge is 0.497 e. The third-order valence-corrected chi connectivity index (χ3v) is 5.73. The maximum atomic E-state index is 6.20. The first kappa shape index (κ1) is 22.6. The van der Waals surface area contributed by atoms with E-state index in [2.05, 4.69) is 29.4 Å². The summed E-state index contributed by atoms with van der Waals surface area (Å²) in [6.07, 6.45) is 2.24. The van der Waals surface area contributed by atoms with Gasteiger partial charge in [-0.25, -0.2) is 4.98 Å². The molecule has 5 nitrogen and oxygen atoms in total. The second-order valence-corrected chi connectivity index (χ2v) is 7.88. The molecule has 3 rings (SSSR count). The number of benzene rings is 2. The van der Waals surface area contributed by atoms with Crippen LogP contribution in [0, 0.1) is 0 Å². The molecule has 0 amide bonds. The fourth-order valence-corrected chi connectivity index (χ4v) is 3.90. The van der Waals surface area contributed by atoms with Crippen molar-refractivity contribution < 1.29 is 4.74 Å². The van der Waals surface area contributed by atoms with Gasteiger partial charge in [0.25, 0.3) is 0 Å². The van der Waals surface area contributed by atoms with Gasteiger partial charge in [-0.05, 0) is 82.0 Å². The number of fused-ring (bicyclic) bond motifs is 2. The predicted octanol–water partition coefficient (Wildman–Crippen LogP) is 5.17. The minimum absolute atomic E-state index is 0.697. The molecule has 0 fully saturated rings. The van der Waals surface area contributed by atoms with Gasteiger partial charge in [-0.1, -0.05) is 25.4 Å². The van der Waals surface area contributed by atoms with Gasteiger partial charge >= 0.3 is 0 Å². The number of nitrogens with zero attached hydrogens (tertiary/aromatic N) is 2. The molecule has 30 heavy (non-hydrogen) atoms. The Morgan fingerprint density at radius 1 is 0.933 bits per heavy atom. The van der Waals surface area contributed by atoms with E-state index in [1.807, 2.05) is 36.4 Å². The van der Waals surface area contributed by atoms with Gasteiger partial charge in [-0.15, -0.1) is 0 Å². The van der Waals surface area contributed by atoms with Crippen molar-refractivity contribution >= 4 is 39.1 Å². The minimum atomic E-state index is 0.697. The first-order valence-electron chi connectivity index (χ1n) is 10.9. The highest BCUT2D eigenvalue weighted by molar-refractivity contribution is 6.31. The number of hydrogen-bond acceptors (Lipinski definition) is 5. The van der Waals surface area contributed by atoms with Crippen molar-refractivity contribution in [3.8, 4) is 5.75 Å². The van der Waals surface area contributed by atoms with Gasteiger partial charge in [0.15, 0.2) is 0 Å². The second kappa shape index (κ2) is 11.3. The number of nitrogens with one attached hydrogen (secondary N) is 2. The van der Waals surface area contributed by atoms with Gasteiger partial charge < -0.3 is 20.3 Å². The standard InChI is InChI=1S/C24H33ClN4O/c1-4-29(5-2)15-7-13-26-12-6-14-27-24-20-10-8-18(25)16-23(20)28-22-11-9-19(30-3)17-21(22)24/h8-11,16-17,26H,4-7,12-15H2,1-3H3,(H,27,28). The number of pyridine rings is 1. The number of halogens is 1. The molecule has 2 N–H and O–H groups in total. The summed E-state index contributed by atoms with van der Waals surface area (Å²) in [5.74, 6) is 0.829. The Hall–Kier alpha value is -2.08. The summed E-state index contributed by atoms with van der Waals surface area (Å²) in [4.78, 5) is 7.25. The lowest BCUT2D eigenvalue weighted by molar-refractivity contribution is 0.298. The second-order valence-electron chi connectivity index (χ2n) is 7.44. The van der Waals surface area contributed by atoms with Gasteiger partial charge in [0, 0.05) is 22.3 Å². The topological polar surface area (TPSA) is 49.4 Å². The normalized spacial score (nSPS) is 11.5. The van der Waals surface area contributed by atoms with E-state index in [0.717, 1.165) is 78.9 Å². The van der Waals surface area contributed by atoms with Gasteiger partial charge in [-0.2, -0.15) is 0 Å². The molecule has 1 aromatic heterocycles. The lowest BCUT2D eigenvalue weighted by atomic mass is 10.1. The SMILES string of the molecule is CCN(CC)CCCNCCCNc1c2ccc(Cl)cc2nc2ccc(OC)cc12. The highest BCUT2D eigenvalue weighted by atomic mass is 35.5. The zero-order chi connectivity index (χ0) is 21.3. The van der Waals surface area contributed by atoms with Gasteiger partial charge in [0.2, 0.25) is 0 Å². The smallest absolute Gasteiger partial charge is 0.119 e. The number of rotatable bonds is 12. The highest BCUT2D eigenvalue weighted by Gasteiger charge is 2.10. The Bertz CT molecular complexity index is 959. The zero-order valence-corrected chi connectivity index (χ0v) is 19.1. The lowest BCUT2D eigenvalue weighted by Gasteiger charge is -2.17. The van der Waals surface area contributed by atoms with Crippen molar-refractivity contribution in [1.29, 1.82) is 0 Å². The van der Waals surface area contributed by atoms with E-state index in [1.54, 1.807) is 7.11 Å². The van der Waals surface area contributed by atoms with E-state index >= 15 is 0 Å². The molecule has 0 bridgehead atoms. The number of hydrogen-bond donors (Lipinski definition) is 2. The first-order chi connectivity index (χ1) is 14.7. The van der Waals surface area contributed by atoms with Crippen LogP contribution in [0.15, 0.2) is 36.4 Å². The van der Waals surface area contributed by atoms with Crippen LogP contribution >= 0.6 is 11.6 Å². The highest BCUT2D eigenvalue weighted by Crippen LogP contribution is 2.34. The molecule has 0 atom stereocenters. The number of ether oxygens (including phenoxy) is 1. The summed E-state index contributed by atoms with van der Waals surface area (Å²) in [7, 11) is 1.69. The Labute approximate surface area is 184 Å². The molecule has 0 aliphatic carbocycles. The van der Waals surface area contributed by atoms with Crippen molar-refractivity contribution in [2.24, 2.45) is 0 Å². The summed E-state index contributed by atoms with van der Waals surface area (Å²) < 4.78 is 5.43. The van der Waals surface area contributed by atoms with Crippen molar-refractivity contribution in [2.45, 2.75) is 26.7 Å². The van der Waals surface area contributed by atoms with Crippen LogP contribution in [0.4, 0.5) is 5.69 Å². The van der Waals surface area contributed by atoms with Crippen molar-refractivity contribution in [3.63, 3.8) is 0 Å². The lowest BCUT2D eigenvalue weighted by Crippen LogP contribution is -2.27. The van der Waals surface area contributed by atoms with Gasteiger partial charge in [0.1, 0.15) is 5.75 Å². The fourth-order valence-electron chi connectivity index (χ4n) is 3.73. The molecular weight excluding hydrogens is 396 g/mol. The number of anilines is 1. The Morgan fingerprint density at radius 2 is 1.73 bits per heavy atom. The number of aromatic nitrogens is 1. The molecular formula is C24H33ClN4O. The van der Waals surface area contributed by atoms with Crippen LogP contribution in [0.25, 0.3) is 21.8 Å². The predicted molar refractivity (Wildman–Crippen MR) is 129 cm³/mol. The quantitative estimate of drug-likeness (QED) is 0.307. The molecule has 162 valence electrons. The van der Waals surface area contributed by atoms with E-state index in [4.69, 9.17) is 21.3 Å². The van der Waals surface area contributed by atoms with Crippen LogP contribution in [-0.4, -0.2) is 56.3 Å². The fraction of sp³-hybridized carbons (Fsp3) is 0.458. The average Bonchev–Trinajstić information content (AvgIpc) is 2.77.